The van der Waals surface area contributed by atoms with Crippen molar-refractivity contribution >= 4 is 5.91 Å². The molecule has 2 aliphatic heterocycles. The average Bonchev–Trinajstić information content (AvgIpc) is 3.30. The third-order valence-corrected chi connectivity index (χ3v) is 6.59. The quantitative estimate of drug-likeness (QED) is 0.809. The summed E-state index contributed by atoms with van der Waals surface area (Å²) in [5, 5.41) is 12.4. The van der Waals surface area contributed by atoms with Crippen LogP contribution in [0.25, 0.3) is 0 Å². The Morgan fingerprint density at radius 1 is 1.10 bits per heavy atom. The summed E-state index contributed by atoms with van der Waals surface area (Å²) in [4.78, 5) is 26.9. The molecular weight excluding hydrogens is 408 g/mol. The number of pyridine rings is 1. The van der Waals surface area contributed by atoms with Crippen LogP contribution in [0, 0.1) is 17.6 Å². The first-order valence-corrected chi connectivity index (χ1v) is 10.5. The van der Waals surface area contributed by atoms with Crippen molar-refractivity contribution in [1.29, 1.82) is 0 Å². The standard InChI is InChI=1S/C22H23F2N3O4/c23-15-6-5-14(11-16(15)24)19(13-3-1-2-4-13)27-18-12-31-10-9-25(18)22(30)20-21(29)17(28)7-8-26(20)27/h5-8,11,13,18-19,29H,1-4,9-10,12H2/t18-,19-/m1/s1. The van der Waals surface area contributed by atoms with Crippen LogP contribution < -0.4 is 10.4 Å². The normalized spacial score (nSPS) is 22.4. The summed E-state index contributed by atoms with van der Waals surface area (Å²) < 4.78 is 35.1. The van der Waals surface area contributed by atoms with Gasteiger partial charge in [0.15, 0.2) is 23.1 Å². The van der Waals surface area contributed by atoms with E-state index in [2.05, 4.69) is 0 Å². The molecule has 1 N–H and O–H groups in total. The number of hydrogen-bond acceptors (Lipinski definition) is 5. The zero-order chi connectivity index (χ0) is 21.7. The van der Waals surface area contributed by atoms with Crippen molar-refractivity contribution < 1.29 is 23.4 Å². The largest absolute Gasteiger partial charge is 0.502 e. The van der Waals surface area contributed by atoms with Gasteiger partial charge >= 0.3 is 0 Å². The molecule has 5 rings (SSSR count). The predicted octanol–water partition coefficient (Wildman–Crippen LogP) is 2.51. The van der Waals surface area contributed by atoms with Crippen molar-refractivity contribution in [2.24, 2.45) is 5.92 Å². The first-order chi connectivity index (χ1) is 15.0. The number of rotatable bonds is 3. The number of amides is 1. The molecule has 2 atom stereocenters. The minimum atomic E-state index is -0.937. The van der Waals surface area contributed by atoms with Crippen LogP contribution in [0.1, 0.15) is 47.8 Å². The van der Waals surface area contributed by atoms with E-state index in [0.29, 0.717) is 18.7 Å². The molecule has 0 unspecified atom stereocenters. The number of carbonyl (C=O) groups excluding carboxylic acids is 1. The number of fused-ring (bicyclic) bond motifs is 2. The predicted molar refractivity (Wildman–Crippen MR) is 107 cm³/mol. The monoisotopic (exact) mass is 431 g/mol. The van der Waals surface area contributed by atoms with Crippen molar-refractivity contribution in [2.45, 2.75) is 37.9 Å². The summed E-state index contributed by atoms with van der Waals surface area (Å²) in [6.07, 6.45) is 4.78. The van der Waals surface area contributed by atoms with E-state index < -0.39 is 40.9 Å². The maximum Gasteiger partial charge on any atom is 0.278 e. The summed E-state index contributed by atoms with van der Waals surface area (Å²) in [5.74, 6) is -2.80. The maximum atomic E-state index is 14.2. The zero-order valence-electron chi connectivity index (χ0n) is 16.8. The topological polar surface area (TPSA) is 75.0 Å². The Morgan fingerprint density at radius 2 is 1.87 bits per heavy atom. The van der Waals surface area contributed by atoms with Crippen LogP contribution in [0.5, 0.6) is 5.75 Å². The molecule has 0 bridgehead atoms. The van der Waals surface area contributed by atoms with Gasteiger partial charge in [-0.25, -0.2) is 8.78 Å². The van der Waals surface area contributed by atoms with Crippen LogP contribution in [0.4, 0.5) is 8.78 Å². The fraction of sp³-hybridized carbons (Fsp3) is 0.455. The van der Waals surface area contributed by atoms with Gasteiger partial charge in [0, 0.05) is 18.8 Å². The fourth-order valence-corrected chi connectivity index (χ4v) is 5.16. The average molecular weight is 431 g/mol. The second kappa shape index (κ2) is 7.64. The van der Waals surface area contributed by atoms with Crippen LogP contribution in [-0.4, -0.2) is 46.5 Å². The van der Waals surface area contributed by atoms with E-state index in [4.69, 9.17) is 4.74 Å². The number of carbonyl (C=O) groups is 1. The number of benzene rings is 1. The molecule has 164 valence electrons. The number of ether oxygens (including phenoxy) is 1. The number of hydrogen-bond donors (Lipinski definition) is 1. The highest BCUT2D eigenvalue weighted by atomic mass is 19.2. The Balaban J connectivity index is 1.72. The van der Waals surface area contributed by atoms with Gasteiger partial charge in [-0.15, -0.1) is 0 Å². The second-order valence-corrected chi connectivity index (χ2v) is 8.32. The maximum absolute atomic E-state index is 14.2. The van der Waals surface area contributed by atoms with Crippen molar-refractivity contribution in [3.63, 3.8) is 0 Å². The number of morpholine rings is 1. The molecular formula is C22H23F2N3O4. The van der Waals surface area contributed by atoms with Gasteiger partial charge in [-0.1, -0.05) is 18.9 Å². The van der Waals surface area contributed by atoms with Crippen molar-refractivity contribution in [3.05, 3.63) is 63.6 Å². The Bertz CT molecular complexity index is 1080. The molecule has 1 saturated carbocycles. The summed E-state index contributed by atoms with van der Waals surface area (Å²) in [5.41, 5.74) is -0.178. The van der Waals surface area contributed by atoms with Gasteiger partial charge in [0.1, 0.15) is 6.17 Å². The van der Waals surface area contributed by atoms with Crippen molar-refractivity contribution in [2.75, 3.05) is 24.8 Å². The van der Waals surface area contributed by atoms with Crippen LogP contribution in [-0.2, 0) is 4.74 Å². The highest BCUT2D eigenvalue weighted by molar-refractivity contribution is 5.96. The van der Waals surface area contributed by atoms with Crippen LogP contribution >= 0.6 is 0 Å². The molecule has 2 aromatic rings. The van der Waals surface area contributed by atoms with E-state index in [9.17, 15) is 23.5 Å². The van der Waals surface area contributed by atoms with Crippen LogP contribution in [0.3, 0.4) is 0 Å². The lowest BCUT2D eigenvalue weighted by Crippen LogP contribution is -2.66. The lowest BCUT2D eigenvalue weighted by Gasteiger charge is -2.52. The summed E-state index contributed by atoms with van der Waals surface area (Å²) in [7, 11) is 0. The molecule has 31 heavy (non-hydrogen) atoms. The fourth-order valence-electron chi connectivity index (χ4n) is 5.16. The van der Waals surface area contributed by atoms with E-state index >= 15 is 0 Å². The van der Waals surface area contributed by atoms with Crippen LogP contribution in [0.2, 0.25) is 0 Å². The van der Waals surface area contributed by atoms with Crippen LogP contribution in [0.15, 0.2) is 35.3 Å². The number of halogens is 2. The molecule has 0 spiro atoms. The van der Waals surface area contributed by atoms with E-state index in [1.165, 1.54) is 23.0 Å². The summed E-state index contributed by atoms with van der Waals surface area (Å²) >= 11 is 0. The van der Waals surface area contributed by atoms with Gasteiger partial charge in [-0.05, 0) is 36.5 Å². The molecule has 1 aliphatic carbocycles. The minimum absolute atomic E-state index is 0.115. The molecule has 9 heteroatoms. The molecule has 1 amide bonds. The van der Waals surface area contributed by atoms with Gasteiger partial charge in [0.05, 0.1) is 19.3 Å². The highest BCUT2D eigenvalue weighted by Crippen LogP contribution is 2.42. The minimum Gasteiger partial charge on any atom is -0.502 e. The van der Waals surface area contributed by atoms with E-state index in [1.54, 1.807) is 11.0 Å². The molecule has 1 aromatic heterocycles. The van der Waals surface area contributed by atoms with Crippen molar-refractivity contribution in [1.82, 2.24) is 9.58 Å². The van der Waals surface area contributed by atoms with Gasteiger partial charge < -0.3 is 14.7 Å². The first kappa shape index (κ1) is 20.0. The van der Waals surface area contributed by atoms with Gasteiger partial charge in [-0.2, -0.15) is 0 Å². The third kappa shape index (κ3) is 3.18. The molecule has 2 fully saturated rings. The molecule has 1 saturated heterocycles. The SMILES string of the molecule is O=C1c2c(O)c(=O)ccn2N([C@@H](c2ccc(F)c(F)c2)C2CCCC2)[C@@H]2COCCN12. The van der Waals surface area contributed by atoms with E-state index in [-0.39, 0.29) is 18.2 Å². The Hall–Kier alpha value is -2.94. The van der Waals surface area contributed by atoms with Gasteiger partial charge in [0.25, 0.3) is 5.91 Å². The van der Waals surface area contributed by atoms with E-state index in [0.717, 1.165) is 31.7 Å². The molecule has 3 aliphatic rings. The number of aromatic hydroxyl groups is 1. The van der Waals surface area contributed by atoms with Crippen molar-refractivity contribution in [3.8, 4) is 5.75 Å². The first-order valence-electron chi connectivity index (χ1n) is 10.5. The Kier molecular flexibility index (Phi) is 4.92. The van der Waals surface area contributed by atoms with Gasteiger partial charge in [0.2, 0.25) is 5.43 Å². The number of aromatic nitrogens is 1. The Labute approximate surface area is 177 Å². The lowest BCUT2D eigenvalue weighted by molar-refractivity contribution is -0.0233. The zero-order valence-corrected chi connectivity index (χ0v) is 16.8. The van der Waals surface area contributed by atoms with Gasteiger partial charge in [-0.3, -0.25) is 19.3 Å². The summed E-state index contributed by atoms with van der Waals surface area (Å²) in [6.45, 7) is 0.871. The summed E-state index contributed by atoms with van der Waals surface area (Å²) in [6, 6.07) is 4.68. The molecule has 1 aromatic carbocycles. The smallest absolute Gasteiger partial charge is 0.278 e. The van der Waals surface area contributed by atoms with E-state index in [1.807, 2.05) is 5.01 Å². The highest BCUT2D eigenvalue weighted by Gasteiger charge is 2.46. The lowest BCUT2D eigenvalue weighted by atomic mass is 9.90. The molecule has 0 radical (unpaired) electrons. The second-order valence-electron chi connectivity index (χ2n) is 8.32. The Morgan fingerprint density at radius 3 is 2.61 bits per heavy atom. The molecule has 7 nitrogen and oxygen atoms in total. The molecule has 3 heterocycles. The third-order valence-electron chi connectivity index (χ3n) is 6.59. The number of nitrogens with zero attached hydrogens (tertiary/aromatic N) is 3.